The van der Waals surface area contributed by atoms with Crippen LogP contribution in [0.15, 0.2) is 42.7 Å². The zero-order valence-electron chi connectivity index (χ0n) is 9.69. The molecular formula is C12H9N5O2. The van der Waals surface area contributed by atoms with Crippen LogP contribution in [0.4, 0.5) is 10.5 Å². The summed E-state index contributed by atoms with van der Waals surface area (Å²) in [4.78, 5) is 10.6. The van der Waals surface area contributed by atoms with E-state index >= 15 is 0 Å². The van der Waals surface area contributed by atoms with Crippen molar-refractivity contribution in [2.24, 2.45) is 0 Å². The number of rotatable bonds is 2. The number of carbonyl (C=O) groups is 1. The summed E-state index contributed by atoms with van der Waals surface area (Å²) in [5.74, 6) is 0. The van der Waals surface area contributed by atoms with Crippen molar-refractivity contribution >= 4 is 17.4 Å². The molecule has 1 aromatic carbocycles. The Balaban J connectivity index is 2.02. The molecule has 0 unspecified atom stereocenters. The van der Waals surface area contributed by atoms with Crippen LogP contribution >= 0.6 is 0 Å². The summed E-state index contributed by atoms with van der Waals surface area (Å²) in [7, 11) is 0. The standard InChI is InChI=1S/C12H9N5O2/c18-12(19)14-9-3-1-2-8(6-9)10-4-5-11-15-13-7-17(11)16-10/h1-7,14H,(H,18,19). The molecule has 2 N–H and O–H groups in total. The number of nitrogens with zero attached hydrogens (tertiary/aromatic N) is 4. The van der Waals surface area contributed by atoms with Crippen LogP contribution in [-0.4, -0.2) is 31.0 Å². The van der Waals surface area contributed by atoms with E-state index in [1.165, 1.54) is 6.33 Å². The second-order valence-electron chi connectivity index (χ2n) is 3.86. The predicted octanol–water partition coefficient (Wildman–Crippen LogP) is 1.88. The number of fused-ring (bicyclic) bond motifs is 1. The predicted molar refractivity (Wildman–Crippen MR) is 67.9 cm³/mol. The monoisotopic (exact) mass is 255 g/mol. The molecule has 0 bridgehead atoms. The highest BCUT2D eigenvalue weighted by atomic mass is 16.4. The molecule has 0 saturated heterocycles. The maximum Gasteiger partial charge on any atom is 0.409 e. The Hall–Kier alpha value is -2.96. The zero-order chi connectivity index (χ0) is 13.2. The number of anilines is 1. The smallest absolute Gasteiger partial charge is 0.409 e. The molecule has 94 valence electrons. The van der Waals surface area contributed by atoms with Gasteiger partial charge < -0.3 is 5.11 Å². The molecule has 2 heterocycles. The van der Waals surface area contributed by atoms with Gasteiger partial charge in [0.25, 0.3) is 0 Å². The van der Waals surface area contributed by atoms with Crippen LogP contribution < -0.4 is 5.32 Å². The lowest BCUT2D eigenvalue weighted by atomic mass is 10.1. The Morgan fingerprint density at radius 3 is 3.00 bits per heavy atom. The number of carboxylic acid groups (broad SMARTS) is 1. The van der Waals surface area contributed by atoms with Crippen LogP contribution in [0.25, 0.3) is 16.9 Å². The summed E-state index contributed by atoms with van der Waals surface area (Å²) in [6.07, 6.45) is 0.414. The summed E-state index contributed by atoms with van der Waals surface area (Å²) < 4.78 is 1.56. The first kappa shape index (κ1) is 11.1. The van der Waals surface area contributed by atoms with E-state index < -0.39 is 6.09 Å². The quantitative estimate of drug-likeness (QED) is 0.729. The van der Waals surface area contributed by atoms with Gasteiger partial charge in [-0.25, -0.2) is 4.79 Å². The van der Waals surface area contributed by atoms with Gasteiger partial charge in [0.1, 0.15) is 6.33 Å². The normalized spacial score (nSPS) is 10.5. The lowest BCUT2D eigenvalue weighted by molar-refractivity contribution is 0.210. The third-order valence-corrected chi connectivity index (χ3v) is 2.57. The molecule has 0 saturated carbocycles. The van der Waals surface area contributed by atoms with Crippen molar-refractivity contribution in [2.45, 2.75) is 0 Å². The molecule has 7 nitrogen and oxygen atoms in total. The molecule has 2 aromatic heterocycles. The van der Waals surface area contributed by atoms with Crippen molar-refractivity contribution in [3.8, 4) is 11.3 Å². The van der Waals surface area contributed by atoms with Crippen LogP contribution in [0, 0.1) is 0 Å². The molecule has 7 heteroatoms. The van der Waals surface area contributed by atoms with E-state index in [0.717, 1.165) is 5.56 Å². The summed E-state index contributed by atoms with van der Waals surface area (Å²) >= 11 is 0. The summed E-state index contributed by atoms with van der Waals surface area (Å²) in [6.45, 7) is 0. The second kappa shape index (κ2) is 4.37. The average Bonchev–Trinajstić information content (AvgIpc) is 2.85. The van der Waals surface area contributed by atoms with Crippen molar-refractivity contribution in [2.75, 3.05) is 5.32 Å². The molecule has 3 aromatic rings. The number of aromatic nitrogens is 4. The second-order valence-corrected chi connectivity index (χ2v) is 3.86. The van der Waals surface area contributed by atoms with Gasteiger partial charge in [0.2, 0.25) is 0 Å². The van der Waals surface area contributed by atoms with Crippen LogP contribution in [0.2, 0.25) is 0 Å². The molecule has 0 aliphatic heterocycles. The lowest BCUT2D eigenvalue weighted by Crippen LogP contribution is -2.07. The van der Waals surface area contributed by atoms with Gasteiger partial charge >= 0.3 is 6.09 Å². The van der Waals surface area contributed by atoms with Gasteiger partial charge in [-0.15, -0.1) is 10.2 Å². The van der Waals surface area contributed by atoms with Crippen LogP contribution in [-0.2, 0) is 0 Å². The molecule has 19 heavy (non-hydrogen) atoms. The molecule has 0 radical (unpaired) electrons. The minimum Gasteiger partial charge on any atom is -0.465 e. The highest BCUT2D eigenvalue weighted by Gasteiger charge is 2.04. The summed E-state index contributed by atoms with van der Waals surface area (Å²) in [5, 5.41) is 23.0. The number of benzene rings is 1. The third kappa shape index (κ3) is 2.21. The first-order valence-corrected chi connectivity index (χ1v) is 5.50. The maximum atomic E-state index is 10.6. The highest BCUT2D eigenvalue weighted by Crippen LogP contribution is 2.20. The first-order chi connectivity index (χ1) is 9.22. The van der Waals surface area contributed by atoms with E-state index in [1.807, 2.05) is 12.1 Å². The van der Waals surface area contributed by atoms with E-state index in [0.29, 0.717) is 17.0 Å². The van der Waals surface area contributed by atoms with Crippen LogP contribution in [0.1, 0.15) is 0 Å². The van der Waals surface area contributed by atoms with Gasteiger partial charge in [0.15, 0.2) is 5.65 Å². The van der Waals surface area contributed by atoms with Crippen molar-refractivity contribution in [3.05, 3.63) is 42.7 Å². The number of hydrogen-bond donors (Lipinski definition) is 2. The number of nitrogens with one attached hydrogen (secondary N) is 1. The Bertz CT molecular complexity index is 752. The minimum absolute atomic E-state index is 0.496. The largest absolute Gasteiger partial charge is 0.465 e. The molecule has 0 aliphatic carbocycles. The highest BCUT2D eigenvalue weighted by molar-refractivity contribution is 5.84. The van der Waals surface area contributed by atoms with E-state index in [4.69, 9.17) is 5.11 Å². The van der Waals surface area contributed by atoms with Crippen molar-refractivity contribution in [1.29, 1.82) is 0 Å². The Morgan fingerprint density at radius 1 is 1.26 bits per heavy atom. The van der Waals surface area contributed by atoms with E-state index in [2.05, 4.69) is 20.6 Å². The topological polar surface area (TPSA) is 92.4 Å². The molecule has 0 atom stereocenters. The van der Waals surface area contributed by atoms with Gasteiger partial charge in [0.05, 0.1) is 5.69 Å². The fraction of sp³-hybridized carbons (Fsp3) is 0. The molecule has 1 amide bonds. The van der Waals surface area contributed by atoms with E-state index in [9.17, 15) is 4.79 Å². The average molecular weight is 255 g/mol. The lowest BCUT2D eigenvalue weighted by Gasteiger charge is -2.04. The third-order valence-electron chi connectivity index (χ3n) is 2.57. The molecule has 0 fully saturated rings. The van der Waals surface area contributed by atoms with Crippen LogP contribution in [0.5, 0.6) is 0 Å². The van der Waals surface area contributed by atoms with Crippen molar-refractivity contribution < 1.29 is 9.90 Å². The Labute approximate surface area is 107 Å². The molecular weight excluding hydrogens is 246 g/mol. The summed E-state index contributed by atoms with van der Waals surface area (Å²) in [6, 6.07) is 10.6. The van der Waals surface area contributed by atoms with Crippen LogP contribution in [0.3, 0.4) is 0 Å². The first-order valence-electron chi connectivity index (χ1n) is 5.50. The molecule has 0 spiro atoms. The summed E-state index contributed by atoms with van der Waals surface area (Å²) in [5.41, 5.74) is 2.67. The van der Waals surface area contributed by atoms with Crippen molar-refractivity contribution in [1.82, 2.24) is 19.8 Å². The van der Waals surface area contributed by atoms with E-state index in [1.54, 1.807) is 28.8 Å². The van der Waals surface area contributed by atoms with E-state index in [-0.39, 0.29) is 0 Å². The Kier molecular flexibility index (Phi) is 2.57. The maximum absolute atomic E-state index is 10.6. The van der Waals surface area contributed by atoms with Gasteiger partial charge in [0, 0.05) is 11.3 Å². The SMILES string of the molecule is O=C(O)Nc1cccc(-c2ccc3nncn3n2)c1. The minimum atomic E-state index is -1.10. The van der Waals surface area contributed by atoms with Gasteiger partial charge in [-0.1, -0.05) is 12.1 Å². The van der Waals surface area contributed by atoms with Gasteiger partial charge in [-0.2, -0.15) is 9.61 Å². The molecule has 0 aliphatic rings. The fourth-order valence-electron chi connectivity index (χ4n) is 1.76. The molecule has 3 rings (SSSR count). The zero-order valence-corrected chi connectivity index (χ0v) is 9.69. The van der Waals surface area contributed by atoms with Gasteiger partial charge in [-0.05, 0) is 24.3 Å². The number of hydrogen-bond acceptors (Lipinski definition) is 4. The fourth-order valence-corrected chi connectivity index (χ4v) is 1.76. The van der Waals surface area contributed by atoms with Crippen molar-refractivity contribution in [3.63, 3.8) is 0 Å². The van der Waals surface area contributed by atoms with Gasteiger partial charge in [-0.3, -0.25) is 5.32 Å². The number of amides is 1. The Morgan fingerprint density at radius 2 is 2.16 bits per heavy atom.